The highest BCUT2D eigenvalue weighted by atomic mass is 32.2. The summed E-state index contributed by atoms with van der Waals surface area (Å²) in [6.45, 7) is 2.07. The SMILES string of the molecule is CC/C=C1/SC(=Nc2ccccc2)[C@]2([C@@H]1C(=O)OC)N(c1ccccc1)N=C(c1ccccc1)N2c1ccccc1. The van der Waals surface area contributed by atoms with Gasteiger partial charge in [0.15, 0.2) is 5.84 Å². The fourth-order valence-corrected chi connectivity index (χ4v) is 6.90. The monoisotopic (exact) mass is 558 g/mol. The van der Waals surface area contributed by atoms with E-state index in [-0.39, 0.29) is 5.97 Å². The highest BCUT2D eigenvalue weighted by Crippen LogP contribution is 2.56. The van der Waals surface area contributed by atoms with Crippen LogP contribution in [0.5, 0.6) is 0 Å². The molecule has 0 aliphatic carbocycles. The number of hydrogen-bond acceptors (Lipinski definition) is 7. The average molecular weight is 559 g/mol. The Morgan fingerprint density at radius 3 is 2.02 bits per heavy atom. The Labute approximate surface area is 244 Å². The molecule has 41 heavy (non-hydrogen) atoms. The van der Waals surface area contributed by atoms with E-state index in [1.807, 2.05) is 114 Å². The predicted molar refractivity (Wildman–Crippen MR) is 169 cm³/mol. The van der Waals surface area contributed by atoms with Gasteiger partial charge < -0.3 is 4.74 Å². The number of rotatable bonds is 6. The summed E-state index contributed by atoms with van der Waals surface area (Å²) in [5, 5.41) is 8.03. The number of esters is 1. The number of anilines is 2. The van der Waals surface area contributed by atoms with Gasteiger partial charge in [-0.2, -0.15) is 5.10 Å². The second-order valence-electron chi connectivity index (χ2n) is 9.66. The fourth-order valence-electron chi connectivity index (χ4n) is 5.45. The van der Waals surface area contributed by atoms with E-state index in [0.717, 1.165) is 39.0 Å². The van der Waals surface area contributed by atoms with Crippen LogP contribution < -0.4 is 9.91 Å². The lowest BCUT2D eigenvalue weighted by Crippen LogP contribution is -2.65. The number of methoxy groups -OCH3 is 1. The molecular formula is C34H30N4O2S. The van der Waals surface area contributed by atoms with Crippen LogP contribution in [0.2, 0.25) is 0 Å². The third-order valence-corrected chi connectivity index (χ3v) is 8.39. The number of hydrazone groups is 1. The first-order valence-corrected chi connectivity index (χ1v) is 14.4. The predicted octanol–water partition coefficient (Wildman–Crippen LogP) is 7.63. The van der Waals surface area contributed by atoms with Crippen LogP contribution in [0.15, 0.2) is 142 Å². The number of ether oxygens (including phenoxy) is 1. The maximum atomic E-state index is 14.0. The van der Waals surface area contributed by atoms with E-state index in [0.29, 0.717) is 5.84 Å². The van der Waals surface area contributed by atoms with Crippen LogP contribution in [0.1, 0.15) is 18.9 Å². The standard InChI is InChI=1S/C34H30N4O2S/c1-3-16-29-30(32(39)40-2)34(33(41-29)35-26-19-10-5-11-20-26)37(27-21-12-6-13-22-27)31(25-17-8-4-9-18-25)36-38(34)28-23-14-7-15-24-28/h4-24,30H,3H2,1-2H3/b29-16+,35-33?/t30-,34-/m0/s1. The smallest absolute Gasteiger partial charge is 0.318 e. The van der Waals surface area contributed by atoms with E-state index in [1.165, 1.54) is 18.9 Å². The van der Waals surface area contributed by atoms with Crippen molar-refractivity contribution < 1.29 is 9.53 Å². The van der Waals surface area contributed by atoms with E-state index in [9.17, 15) is 4.79 Å². The Balaban J connectivity index is 1.74. The van der Waals surface area contributed by atoms with Gasteiger partial charge in [-0.15, -0.1) is 0 Å². The van der Waals surface area contributed by atoms with E-state index in [2.05, 4.69) is 30.0 Å². The van der Waals surface area contributed by atoms with Crippen molar-refractivity contribution in [3.8, 4) is 0 Å². The van der Waals surface area contributed by atoms with Crippen molar-refractivity contribution in [2.45, 2.75) is 19.0 Å². The molecular weight excluding hydrogens is 528 g/mol. The summed E-state index contributed by atoms with van der Waals surface area (Å²) in [6.07, 6.45) is 2.86. The summed E-state index contributed by atoms with van der Waals surface area (Å²) in [6, 6.07) is 40.0. The highest BCUT2D eigenvalue weighted by molar-refractivity contribution is 8.18. The number of para-hydroxylation sites is 3. The van der Waals surface area contributed by atoms with Gasteiger partial charge in [-0.3, -0.25) is 9.69 Å². The highest BCUT2D eigenvalue weighted by Gasteiger charge is 2.67. The quantitative estimate of drug-likeness (QED) is 0.228. The Morgan fingerprint density at radius 1 is 0.878 bits per heavy atom. The van der Waals surface area contributed by atoms with Crippen LogP contribution in [0.25, 0.3) is 0 Å². The molecule has 0 amide bonds. The zero-order valence-corrected chi connectivity index (χ0v) is 23.7. The van der Waals surface area contributed by atoms with Gasteiger partial charge in [-0.1, -0.05) is 110 Å². The van der Waals surface area contributed by atoms with Crippen molar-refractivity contribution >= 4 is 45.7 Å². The van der Waals surface area contributed by atoms with Crippen molar-refractivity contribution in [2.24, 2.45) is 16.0 Å². The van der Waals surface area contributed by atoms with Crippen LogP contribution in [-0.4, -0.2) is 29.6 Å². The number of nitrogens with zero attached hydrogens (tertiary/aromatic N) is 4. The molecule has 2 aliphatic heterocycles. The number of aliphatic imine (C=N–C) groups is 1. The summed E-state index contributed by atoms with van der Waals surface area (Å²) in [5.41, 5.74) is 2.27. The summed E-state index contributed by atoms with van der Waals surface area (Å²) in [7, 11) is 1.45. The van der Waals surface area contributed by atoms with Crippen molar-refractivity contribution in [1.82, 2.24) is 0 Å². The topological polar surface area (TPSA) is 57.5 Å². The second-order valence-corrected chi connectivity index (χ2v) is 10.7. The molecule has 204 valence electrons. The molecule has 2 aliphatic rings. The number of benzene rings is 4. The zero-order valence-electron chi connectivity index (χ0n) is 22.9. The summed E-state index contributed by atoms with van der Waals surface area (Å²) in [4.78, 5) is 22.3. The van der Waals surface area contributed by atoms with Gasteiger partial charge in [0, 0.05) is 16.2 Å². The molecule has 0 N–H and O–H groups in total. The maximum Gasteiger partial charge on any atom is 0.318 e. The maximum absolute atomic E-state index is 14.0. The first-order chi connectivity index (χ1) is 20.2. The molecule has 0 bridgehead atoms. The molecule has 1 saturated heterocycles. The molecule has 1 fully saturated rings. The fraction of sp³-hybridized carbons (Fsp3) is 0.147. The molecule has 0 aromatic heterocycles. The molecule has 1 spiro atoms. The van der Waals surface area contributed by atoms with Gasteiger partial charge >= 0.3 is 5.97 Å². The van der Waals surface area contributed by atoms with Crippen LogP contribution in [0, 0.1) is 5.92 Å². The minimum atomic E-state index is -1.18. The van der Waals surface area contributed by atoms with Gasteiger partial charge in [-0.25, -0.2) is 10.0 Å². The molecule has 0 saturated carbocycles. The van der Waals surface area contributed by atoms with Gasteiger partial charge in [0.05, 0.1) is 18.5 Å². The Morgan fingerprint density at radius 2 is 1.44 bits per heavy atom. The molecule has 2 heterocycles. The van der Waals surface area contributed by atoms with Gasteiger partial charge in [0.2, 0.25) is 5.66 Å². The van der Waals surface area contributed by atoms with E-state index in [4.69, 9.17) is 14.8 Å². The summed E-state index contributed by atoms with van der Waals surface area (Å²) in [5.74, 6) is -0.360. The van der Waals surface area contributed by atoms with Crippen LogP contribution in [0.3, 0.4) is 0 Å². The normalized spacial score (nSPS) is 22.0. The lowest BCUT2D eigenvalue weighted by Gasteiger charge is -2.44. The van der Waals surface area contributed by atoms with Gasteiger partial charge in [0.1, 0.15) is 11.0 Å². The van der Waals surface area contributed by atoms with E-state index in [1.54, 1.807) is 0 Å². The summed E-state index contributed by atoms with van der Waals surface area (Å²) >= 11 is 1.53. The second kappa shape index (κ2) is 11.5. The average Bonchev–Trinajstić information content (AvgIpc) is 3.54. The van der Waals surface area contributed by atoms with Crippen molar-refractivity contribution in [1.29, 1.82) is 0 Å². The molecule has 4 aromatic carbocycles. The lowest BCUT2D eigenvalue weighted by molar-refractivity contribution is -0.144. The van der Waals surface area contributed by atoms with E-state index >= 15 is 0 Å². The first kappa shape index (κ1) is 26.6. The molecule has 0 radical (unpaired) electrons. The van der Waals surface area contributed by atoms with Crippen LogP contribution in [0.4, 0.5) is 17.1 Å². The Kier molecular flexibility index (Phi) is 7.44. The van der Waals surface area contributed by atoms with Crippen molar-refractivity contribution in [3.05, 3.63) is 138 Å². The summed E-state index contributed by atoms with van der Waals surface area (Å²) < 4.78 is 5.55. The van der Waals surface area contributed by atoms with Crippen molar-refractivity contribution in [3.63, 3.8) is 0 Å². The minimum absolute atomic E-state index is 0.346. The van der Waals surface area contributed by atoms with Crippen molar-refractivity contribution in [2.75, 3.05) is 17.0 Å². The Hall–Kier alpha value is -4.62. The number of carbonyl (C=O) groups is 1. The number of carbonyl (C=O) groups excluding carboxylic acids is 1. The number of thioether (sulfide) groups is 1. The molecule has 0 unspecified atom stereocenters. The largest absolute Gasteiger partial charge is 0.468 e. The van der Waals surface area contributed by atoms with Gasteiger partial charge in [-0.05, 0) is 42.8 Å². The molecule has 7 heteroatoms. The van der Waals surface area contributed by atoms with Crippen LogP contribution in [-0.2, 0) is 9.53 Å². The molecule has 6 rings (SSSR count). The zero-order chi connectivity index (χ0) is 28.2. The van der Waals surface area contributed by atoms with E-state index < -0.39 is 11.6 Å². The third-order valence-electron chi connectivity index (χ3n) is 7.16. The minimum Gasteiger partial charge on any atom is -0.468 e. The molecule has 6 nitrogen and oxygen atoms in total. The molecule has 4 aromatic rings. The number of amidine groups is 1. The number of allylic oxidation sites excluding steroid dienone is 1. The first-order valence-electron chi connectivity index (χ1n) is 13.6. The Bertz CT molecular complexity index is 1610. The van der Waals surface area contributed by atoms with Crippen LogP contribution >= 0.6 is 11.8 Å². The number of hydrogen-bond donors (Lipinski definition) is 0. The lowest BCUT2D eigenvalue weighted by atomic mass is 9.88. The van der Waals surface area contributed by atoms with Gasteiger partial charge in [0.25, 0.3) is 0 Å². The third kappa shape index (κ3) is 4.62. The molecule has 2 atom stereocenters.